The zero-order chi connectivity index (χ0) is 57.8. The molecule has 4 aromatic carbocycles. The van der Waals surface area contributed by atoms with Gasteiger partial charge in [-0.2, -0.15) is 13.2 Å². The second-order valence-electron chi connectivity index (χ2n) is 22.6. The summed E-state index contributed by atoms with van der Waals surface area (Å²) in [4.78, 5) is 92.7. The fourth-order valence-corrected chi connectivity index (χ4v) is 12.8. The van der Waals surface area contributed by atoms with Gasteiger partial charge in [0.15, 0.2) is 0 Å². The van der Waals surface area contributed by atoms with Gasteiger partial charge in [0.25, 0.3) is 0 Å². The number of rotatable bonds is 11. The number of carbonyl (C=O) groups is 6. The average molecular weight is 1120 g/mol. The maximum atomic E-state index is 14.0. The van der Waals surface area contributed by atoms with Gasteiger partial charge in [-0.15, -0.1) is 0 Å². The molecule has 0 bridgehead atoms. The molecule has 16 nitrogen and oxygen atoms in total. The van der Waals surface area contributed by atoms with E-state index in [1.165, 1.54) is 0 Å². The molecular formula is C61H59F5N10O6. The van der Waals surface area contributed by atoms with Gasteiger partial charge in [-0.3, -0.25) is 33.7 Å². The normalized spacial score (nSPS) is 23.5. The lowest BCUT2D eigenvalue weighted by molar-refractivity contribution is -0.160. The van der Waals surface area contributed by atoms with Crippen LogP contribution in [0.25, 0.3) is 0 Å². The average Bonchev–Trinajstić information content (AvgIpc) is 4.30. The maximum Gasteiger partial charge on any atom is 0.391 e. The van der Waals surface area contributed by atoms with Crippen LogP contribution in [0, 0.1) is 17.6 Å². The molecule has 6 aliphatic rings. The summed E-state index contributed by atoms with van der Waals surface area (Å²) in [7, 11) is 1.99. The van der Waals surface area contributed by atoms with E-state index in [9.17, 15) is 50.7 Å². The van der Waals surface area contributed by atoms with Crippen molar-refractivity contribution in [2.45, 2.75) is 93.5 Å². The summed E-state index contributed by atoms with van der Waals surface area (Å²) in [5.74, 6) is -2.51. The molecule has 21 heteroatoms. The molecule has 2 aromatic heterocycles. The van der Waals surface area contributed by atoms with Crippen LogP contribution in [0.15, 0.2) is 122 Å². The van der Waals surface area contributed by atoms with Crippen LogP contribution >= 0.6 is 0 Å². The van der Waals surface area contributed by atoms with Crippen LogP contribution in [-0.2, 0) is 65.3 Å². The number of piperazine rings is 2. The molecule has 6 aromatic rings. The Morgan fingerprint density at radius 1 is 0.646 bits per heavy atom. The quantitative estimate of drug-likeness (QED) is 0.0801. The molecule has 0 saturated carbocycles. The molecule has 2 aliphatic carbocycles. The Morgan fingerprint density at radius 2 is 1.16 bits per heavy atom. The smallest absolute Gasteiger partial charge is 0.325 e. The number of pyridine rings is 2. The number of alkyl halides is 3. The van der Waals surface area contributed by atoms with Crippen molar-refractivity contribution in [2.75, 3.05) is 54.5 Å². The predicted octanol–water partition coefficient (Wildman–Crippen LogP) is 7.72. The van der Waals surface area contributed by atoms with E-state index in [2.05, 4.69) is 55.3 Å². The molecule has 4 aliphatic heterocycles. The number of likely N-dealkylation sites (N-methyl/N-ethyl adjacent to an activating group) is 1. The van der Waals surface area contributed by atoms with Crippen LogP contribution < -0.4 is 26.6 Å². The third-order valence-corrected chi connectivity index (χ3v) is 16.6. The first kappa shape index (κ1) is 55.5. The molecule has 6 heterocycles. The molecule has 424 valence electrons. The minimum Gasteiger partial charge on any atom is -0.325 e. The Morgan fingerprint density at radius 3 is 1.67 bits per heavy atom. The molecule has 12 rings (SSSR count). The topological polar surface area (TPSA) is 198 Å². The molecule has 82 heavy (non-hydrogen) atoms. The minimum absolute atomic E-state index is 0.000881. The summed E-state index contributed by atoms with van der Waals surface area (Å²) in [6.45, 7) is 3.97. The van der Waals surface area contributed by atoms with Crippen molar-refractivity contribution in [1.82, 2.24) is 30.0 Å². The van der Waals surface area contributed by atoms with Gasteiger partial charge in [0, 0.05) is 54.1 Å². The first-order valence-electron chi connectivity index (χ1n) is 27.2. The standard InChI is InChI=1S/C32H35N5O3.C29H24F5N5O3/c1-20(2)14-26-30(39)37(27(18-36(26)3)21-8-5-4-6-9-21)19-28(38)34-24-12-11-22-16-32(17-23(22)15-24)25-10-7-13-33-29(25)35-31(32)40;30-18-6-16(7-19(31)9-18)23-13-36-22(12-29(32,33)34)26(41)39(23)14-24(40)37-20-4-3-15-10-28(11-17(15)8-20)21-2-1-5-35-25(21)38-27(28)42/h4-13,15,20,26-27H,14,16-19H2,1-3H3,(H,34,38)(H,33,35,40);1-9,22-23,36H,10-14H2,(H,37,40)(H,35,38,42). The summed E-state index contributed by atoms with van der Waals surface area (Å²) >= 11 is 0. The number of aromatic nitrogens is 2. The third kappa shape index (κ3) is 10.8. The fourth-order valence-electron chi connectivity index (χ4n) is 12.8. The van der Waals surface area contributed by atoms with E-state index in [1.54, 1.807) is 41.6 Å². The van der Waals surface area contributed by atoms with Crippen LogP contribution in [-0.4, -0.2) is 112 Å². The molecule has 6 unspecified atom stereocenters. The van der Waals surface area contributed by atoms with Crippen molar-refractivity contribution in [3.8, 4) is 0 Å². The SMILES string of the molecule is CC(C)CC1C(=O)N(CC(=O)Nc2ccc3c(c2)CC2(C3)C(=O)Nc3ncccc32)C(c2ccccc2)CN1C.O=C(CN1C(=O)C(CC(F)(F)F)NCC1c1cc(F)cc(F)c1)Nc1ccc2c(c1)CC1(C2)C(=O)Nc2ncccc21. The highest BCUT2D eigenvalue weighted by Gasteiger charge is 2.53. The van der Waals surface area contributed by atoms with E-state index < -0.39 is 65.5 Å². The first-order valence-corrected chi connectivity index (χ1v) is 27.2. The van der Waals surface area contributed by atoms with Crippen LogP contribution in [0.4, 0.5) is 45.0 Å². The molecule has 2 saturated heterocycles. The van der Waals surface area contributed by atoms with Crippen molar-refractivity contribution in [1.29, 1.82) is 0 Å². The first-order chi connectivity index (χ1) is 39.2. The predicted molar refractivity (Wildman–Crippen MR) is 294 cm³/mol. The number of carbonyl (C=O) groups excluding carboxylic acids is 6. The number of amides is 6. The van der Waals surface area contributed by atoms with E-state index in [-0.39, 0.29) is 54.4 Å². The summed E-state index contributed by atoms with van der Waals surface area (Å²) in [6, 6.07) is 27.7. The largest absolute Gasteiger partial charge is 0.391 e. The fraction of sp³-hybridized carbons (Fsp3) is 0.344. The Labute approximate surface area is 469 Å². The van der Waals surface area contributed by atoms with Crippen molar-refractivity contribution in [3.05, 3.63) is 178 Å². The van der Waals surface area contributed by atoms with Gasteiger partial charge >= 0.3 is 6.18 Å². The van der Waals surface area contributed by atoms with Crippen LogP contribution in [0.2, 0.25) is 0 Å². The number of halogens is 5. The van der Waals surface area contributed by atoms with Gasteiger partial charge in [-0.1, -0.05) is 68.4 Å². The molecule has 5 N–H and O–H groups in total. The molecule has 6 atom stereocenters. The van der Waals surface area contributed by atoms with E-state index >= 15 is 0 Å². The van der Waals surface area contributed by atoms with Gasteiger partial charge in [-0.05, 0) is 127 Å². The van der Waals surface area contributed by atoms with Crippen LogP contribution in [0.1, 0.15) is 83.3 Å². The number of hydrogen-bond donors (Lipinski definition) is 5. The second kappa shape index (κ2) is 21.8. The Balaban J connectivity index is 0.000000172. The zero-order valence-corrected chi connectivity index (χ0v) is 45.1. The number of nitrogens with zero attached hydrogens (tertiary/aromatic N) is 5. The summed E-state index contributed by atoms with van der Waals surface area (Å²) in [5.41, 5.74) is 6.18. The number of fused-ring (bicyclic) bond motifs is 6. The van der Waals surface area contributed by atoms with Gasteiger partial charge < -0.3 is 36.4 Å². The molecular weight excluding hydrogens is 1060 g/mol. The van der Waals surface area contributed by atoms with Gasteiger partial charge in [0.1, 0.15) is 36.4 Å². The van der Waals surface area contributed by atoms with Crippen molar-refractivity contribution >= 4 is 58.5 Å². The van der Waals surface area contributed by atoms with Crippen LogP contribution in [0.5, 0.6) is 0 Å². The zero-order valence-electron chi connectivity index (χ0n) is 45.1. The highest BCUT2D eigenvalue weighted by Crippen LogP contribution is 2.49. The number of benzene rings is 4. The highest BCUT2D eigenvalue weighted by molar-refractivity contribution is 6.07. The monoisotopic (exact) mass is 1120 g/mol. The van der Waals surface area contributed by atoms with Gasteiger partial charge in [-0.25, -0.2) is 18.7 Å². The summed E-state index contributed by atoms with van der Waals surface area (Å²) in [5, 5.41) is 14.0. The van der Waals surface area contributed by atoms with Crippen molar-refractivity contribution in [2.24, 2.45) is 5.92 Å². The maximum absolute atomic E-state index is 14.0. The highest BCUT2D eigenvalue weighted by atomic mass is 19.4. The number of hydrogen-bond acceptors (Lipinski definition) is 10. The van der Waals surface area contributed by atoms with E-state index in [0.29, 0.717) is 67.2 Å². The second-order valence-corrected chi connectivity index (χ2v) is 22.6. The molecule has 0 radical (unpaired) electrons. The minimum atomic E-state index is -4.66. The van der Waals surface area contributed by atoms with E-state index in [0.717, 1.165) is 62.4 Å². The Hall–Kier alpha value is -8.43. The van der Waals surface area contributed by atoms with Crippen molar-refractivity contribution in [3.63, 3.8) is 0 Å². The van der Waals surface area contributed by atoms with Crippen molar-refractivity contribution < 1.29 is 50.7 Å². The number of nitrogens with one attached hydrogen (secondary N) is 5. The third-order valence-electron chi connectivity index (χ3n) is 16.6. The summed E-state index contributed by atoms with van der Waals surface area (Å²) in [6.07, 6.45) is -0.117. The van der Waals surface area contributed by atoms with Gasteiger partial charge in [0.2, 0.25) is 35.4 Å². The van der Waals surface area contributed by atoms with E-state index in [1.807, 2.05) is 73.8 Å². The van der Waals surface area contributed by atoms with E-state index in [4.69, 9.17) is 0 Å². The van der Waals surface area contributed by atoms with Gasteiger partial charge in [0.05, 0.1) is 41.4 Å². The Bertz CT molecular complexity index is 3530. The number of anilines is 4. The Kier molecular flexibility index (Phi) is 14.8. The molecule has 6 amide bonds. The summed E-state index contributed by atoms with van der Waals surface area (Å²) < 4.78 is 67.3. The molecule has 2 fully saturated rings. The molecule has 2 spiro atoms. The lowest BCUT2D eigenvalue weighted by Crippen LogP contribution is -2.58. The lowest BCUT2D eigenvalue weighted by Gasteiger charge is -2.44. The van der Waals surface area contributed by atoms with Crippen LogP contribution in [0.3, 0.4) is 0 Å². The lowest BCUT2D eigenvalue weighted by atomic mass is 9.79.